The molecule has 2 N–H and O–H groups in total. The van der Waals surface area contributed by atoms with Crippen molar-refractivity contribution < 1.29 is 19.4 Å². The Morgan fingerprint density at radius 3 is 2.53 bits per heavy atom. The quantitative estimate of drug-likeness (QED) is 0.671. The van der Waals surface area contributed by atoms with Crippen LogP contribution in [0.4, 0.5) is 11.5 Å². The standard InChI is InChI=1S/C23H33N3O4/c1-14(2)10-11-30-22-18(24-21(27)15-6-4-3-5-7-15)8-9-19(25-22)26-12-16-17(13-26)20(16)23(28)29/h8-9,14-17,20H,3-7,10-13H2,1-2H3,(H,24,27)(H,28,29)/t16-,17+,20?. The number of carboxylic acids is 1. The lowest BCUT2D eigenvalue weighted by Crippen LogP contribution is -2.27. The lowest BCUT2D eigenvalue weighted by atomic mass is 9.88. The van der Waals surface area contributed by atoms with Crippen LogP contribution in [0, 0.1) is 29.6 Å². The average Bonchev–Trinajstić information content (AvgIpc) is 3.24. The van der Waals surface area contributed by atoms with E-state index >= 15 is 0 Å². The molecule has 2 aliphatic carbocycles. The highest BCUT2D eigenvalue weighted by atomic mass is 16.5. The summed E-state index contributed by atoms with van der Waals surface area (Å²) >= 11 is 0. The van der Waals surface area contributed by atoms with Crippen molar-refractivity contribution in [1.82, 2.24) is 4.98 Å². The van der Waals surface area contributed by atoms with Crippen LogP contribution in [0.5, 0.6) is 5.88 Å². The van der Waals surface area contributed by atoms with Crippen molar-refractivity contribution in [3.8, 4) is 5.88 Å². The number of aliphatic carboxylic acids is 1. The van der Waals surface area contributed by atoms with Gasteiger partial charge in [-0.15, -0.1) is 0 Å². The van der Waals surface area contributed by atoms with Gasteiger partial charge in [0, 0.05) is 19.0 Å². The van der Waals surface area contributed by atoms with Gasteiger partial charge in [-0.05, 0) is 49.1 Å². The molecule has 1 unspecified atom stereocenters. The third kappa shape index (κ3) is 4.55. The number of aromatic nitrogens is 1. The number of rotatable bonds is 8. The molecule has 7 nitrogen and oxygen atoms in total. The fraction of sp³-hybridized carbons (Fsp3) is 0.696. The molecule has 30 heavy (non-hydrogen) atoms. The van der Waals surface area contributed by atoms with Gasteiger partial charge in [0.1, 0.15) is 11.5 Å². The van der Waals surface area contributed by atoms with E-state index in [1.54, 1.807) is 0 Å². The number of carboxylic acid groups (broad SMARTS) is 1. The molecule has 4 rings (SSSR count). The van der Waals surface area contributed by atoms with Gasteiger partial charge in [0.25, 0.3) is 0 Å². The molecule has 1 saturated heterocycles. The maximum Gasteiger partial charge on any atom is 0.307 e. The SMILES string of the molecule is CC(C)CCOc1nc(N2C[C@@H]3C(C(=O)O)[C@@H]3C2)ccc1NC(=O)C1CCCCC1. The highest BCUT2D eigenvalue weighted by Gasteiger charge is 2.60. The van der Waals surface area contributed by atoms with Crippen LogP contribution in [-0.2, 0) is 9.59 Å². The Bertz CT molecular complexity index is 779. The summed E-state index contributed by atoms with van der Waals surface area (Å²) in [4.78, 5) is 30.8. The lowest BCUT2D eigenvalue weighted by Gasteiger charge is -2.23. The van der Waals surface area contributed by atoms with Crippen molar-refractivity contribution in [2.75, 3.05) is 29.9 Å². The van der Waals surface area contributed by atoms with E-state index in [0.717, 1.165) is 37.9 Å². The first-order valence-corrected chi connectivity index (χ1v) is 11.4. The van der Waals surface area contributed by atoms with Crippen LogP contribution in [0.2, 0.25) is 0 Å². The van der Waals surface area contributed by atoms with Crippen LogP contribution in [0.3, 0.4) is 0 Å². The van der Waals surface area contributed by atoms with Gasteiger partial charge in [0.05, 0.1) is 12.5 Å². The third-order valence-corrected chi connectivity index (χ3v) is 6.82. The van der Waals surface area contributed by atoms with Gasteiger partial charge in [-0.3, -0.25) is 9.59 Å². The number of nitrogens with one attached hydrogen (secondary N) is 1. The molecule has 0 bridgehead atoms. The Hall–Kier alpha value is -2.31. The molecule has 1 aromatic rings. The van der Waals surface area contributed by atoms with Gasteiger partial charge in [0.2, 0.25) is 11.8 Å². The highest BCUT2D eigenvalue weighted by Crippen LogP contribution is 2.52. The molecule has 3 aliphatic rings. The predicted octanol–water partition coefficient (Wildman–Crippen LogP) is 3.79. The number of hydrogen-bond donors (Lipinski definition) is 2. The molecule has 3 fully saturated rings. The number of anilines is 2. The van der Waals surface area contributed by atoms with Gasteiger partial charge >= 0.3 is 5.97 Å². The van der Waals surface area contributed by atoms with Gasteiger partial charge < -0.3 is 20.1 Å². The fourth-order valence-electron chi connectivity index (χ4n) is 4.88. The zero-order chi connectivity index (χ0) is 21.3. The van der Waals surface area contributed by atoms with E-state index in [9.17, 15) is 14.7 Å². The van der Waals surface area contributed by atoms with E-state index in [2.05, 4.69) is 24.1 Å². The van der Waals surface area contributed by atoms with Gasteiger partial charge in [-0.25, -0.2) is 0 Å². The molecule has 2 heterocycles. The molecule has 2 saturated carbocycles. The average molecular weight is 416 g/mol. The molecular weight excluding hydrogens is 382 g/mol. The number of nitrogens with zero attached hydrogens (tertiary/aromatic N) is 2. The Balaban J connectivity index is 1.45. The maximum atomic E-state index is 12.7. The third-order valence-electron chi connectivity index (χ3n) is 6.82. The smallest absolute Gasteiger partial charge is 0.307 e. The Kier molecular flexibility index (Phi) is 6.16. The highest BCUT2D eigenvalue weighted by molar-refractivity contribution is 5.93. The van der Waals surface area contributed by atoms with E-state index in [1.807, 2.05) is 12.1 Å². The van der Waals surface area contributed by atoms with Crippen molar-refractivity contribution in [1.29, 1.82) is 0 Å². The Labute approximate surface area is 178 Å². The van der Waals surface area contributed by atoms with Crippen molar-refractivity contribution in [2.24, 2.45) is 29.6 Å². The fourth-order valence-corrected chi connectivity index (χ4v) is 4.88. The topological polar surface area (TPSA) is 91.8 Å². The predicted molar refractivity (Wildman–Crippen MR) is 115 cm³/mol. The van der Waals surface area contributed by atoms with Crippen LogP contribution in [-0.4, -0.2) is 41.7 Å². The molecule has 164 valence electrons. The summed E-state index contributed by atoms with van der Waals surface area (Å²) in [5.74, 6) is 1.47. The second-order valence-corrected chi connectivity index (χ2v) is 9.47. The summed E-state index contributed by atoms with van der Waals surface area (Å²) in [6.45, 7) is 6.27. The normalized spacial score (nSPS) is 25.8. The molecule has 1 amide bonds. The van der Waals surface area contributed by atoms with Crippen LogP contribution >= 0.6 is 0 Å². The zero-order valence-electron chi connectivity index (χ0n) is 18.0. The molecular formula is C23H33N3O4. The minimum absolute atomic E-state index is 0.0599. The number of ether oxygens (including phenoxy) is 1. The number of carbonyl (C=O) groups is 2. The summed E-state index contributed by atoms with van der Waals surface area (Å²) in [7, 11) is 0. The number of fused-ring (bicyclic) bond motifs is 1. The van der Waals surface area contributed by atoms with Crippen LogP contribution < -0.4 is 15.0 Å². The molecule has 7 heteroatoms. The summed E-state index contributed by atoms with van der Waals surface area (Å²) < 4.78 is 5.99. The number of hydrogen-bond acceptors (Lipinski definition) is 5. The maximum absolute atomic E-state index is 12.7. The molecule has 1 aliphatic heterocycles. The first-order valence-electron chi connectivity index (χ1n) is 11.4. The second kappa shape index (κ2) is 8.82. The van der Waals surface area contributed by atoms with Gasteiger partial charge in [-0.2, -0.15) is 4.98 Å². The van der Waals surface area contributed by atoms with Crippen LogP contribution in [0.1, 0.15) is 52.4 Å². The number of pyridine rings is 1. The van der Waals surface area contributed by atoms with E-state index in [0.29, 0.717) is 37.2 Å². The van der Waals surface area contributed by atoms with Crippen molar-refractivity contribution in [2.45, 2.75) is 52.4 Å². The summed E-state index contributed by atoms with van der Waals surface area (Å²) in [6.07, 6.45) is 6.24. The number of piperidine rings is 1. The molecule has 0 radical (unpaired) electrons. The van der Waals surface area contributed by atoms with E-state index < -0.39 is 5.97 Å². The molecule has 0 aromatic carbocycles. The van der Waals surface area contributed by atoms with E-state index in [1.165, 1.54) is 6.42 Å². The van der Waals surface area contributed by atoms with Crippen molar-refractivity contribution >= 4 is 23.4 Å². The van der Waals surface area contributed by atoms with Crippen molar-refractivity contribution in [3.63, 3.8) is 0 Å². The lowest BCUT2D eigenvalue weighted by molar-refractivity contribution is -0.139. The number of carbonyl (C=O) groups excluding carboxylic acids is 1. The largest absolute Gasteiger partial charge is 0.481 e. The van der Waals surface area contributed by atoms with E-state index in [-0.39, 0.29) is 29.6 Å². The first kappa shape index (κ1) is 20.9. The van der Waals surface area contributed by atoms with Gasteiger partial charge in [-0.1, -0.05) is 33.1 Å². The molecule has 3 atom stereocenters. The first-order chi connectivity index (χ1) is 14.4. The number of amides is 1. The Morgan fingerprint density at radius 1 is 1.20 bits per heavy atom. The minimum atomic E-state index is -0.684. The second-order valence-electron chi connectivity index (χ2n) is 9.47. The summed E-state index contributed by atoms with van der Waals surface area (Å²) in [5, 5.41) is 12.3. The molecule has 0 spiro atoms. The van der Waals surface area contributed by atoms with E-state index in [4.69, 9.17) is 9.72 Å². The summed E-state index contributed by atoms with van der Waals surface area (Å²) in [6, 6.07) is 3.79. The molecule has 1 aromatic heterocycles. The van der Waals surface area contributed by atoms with Crippen LogP contribution in [0.15, 0.2) is 12.1 Å². The minimum Gasteiger partial charge on any atom is -0.481 e. The van der Waals surface area contributed by atoms with Crippen molar-refractivity contribution in [3.05, 3.63) is 12.1 Å². The Morgan fingerprint density at radius 2 is 1.90 bits per heavy atom. The van der Waals surface area contributed by atoms with Gasteiger partial charge in [0.15, 0.2) is 0 Å². The van der Waals surface area contributed by atoms with Crippen LogP contribution in [0.25, 0.3) is 0 Å². The monoisotopic (exact) mass is 415 g/mol. The summed E-state index contributed by atoms with van der Waals surface area (Å²) in [5.41, 5.74) is 0.630. The zero-order valence-corrected chi connectivity index (χ0v) is 18.0.